The molecular weight excluding hydrogens is 396 g/mol. The second-order valence-electron chi connectivity index (χ2n) is 6.18. The number of rotatable bonds is 7. The van der Waals surface area contributed by atoms with E-state index in [2.05, 4.69) is 15.6 Å². The van der Waals surface area contributed by atoms with Crippen molar-refractivity contribution in [3.05, 3.63) is 28.9 Å². The lowest BCUT2D eigenvalue weighted by atomic mass is 10.2. The van der Waals surface area contributed by atoms with E-state index in [0.29, 0.717) is 33.6 Å². The predicted molar refractivity (Wildman–Crippen MR) is 110 cm³/mol. The van der Waals surface area contributed by atoms with E-state index in [9.17, 15) is 9.59 Å². The summed E-state index contributed by atoms with van der Waals surface area (Å²) in [6.07, 6.45) is 1.67. The standard InChI is InChI=1S/C19H22N4O5S/c1-10-8-21-19(29-10)22-14(24)9-20-18(25)12-6-11-7-13(26-3)16(27-4)17(28-5)15(11)23(12)2/h6-8H,9H2,1-5H3,(H,20,25)(H,21,22,24). The second kappa shape index (κ2) is 8.39. The highest BCUT2D eigenvalue weighted by Gasteiger charge is 2.22. The summed E-state index contributed by atoms with van der Waals surface area (Å²) < 4.78 is 18.0. The molecule has 2 N–H and O–H groups in total. The smallest absolute Gasteiger partial charge is 0.268 e. The first-order valence-corrected chi connectivity index (χ1v) is 9.50. The summed E-state index contributed by atoms with van der Waals surface area (Å²) in [6, 6.07) is 3.47. The molecule has 0 aliphatic carbocycles. The fourth-order valence-corrected chi connectivity index (χ4v) is 3.71. The van der Waals surface area contributed by atoms with Crippen LogP contribution in [0.4, 0.5) is 5.13 Å². The van der Waals surface area contributed by atoms with Gasteiger partial charge < -0.3 is 29.4 Å². The minimum Gasteiger partial charge on any atom is -0.493 e. The van der Waals surface area contributed by atoms with Crippen molar-refractivity contribution in [2.45, 2.75) is 6.92 Å². The summed E-state index contributed by atoms with van der Waals surface area (Å²) in [7, 11) is 6.31. The average molecular weight is 418 g/mol. The maximum Gasteiger partial charge on any atom is 0.268 e. The number of hydrogen-bond donors (Lipinski definition) is 2. The molecular formula is C19H22N4O5S. The van der Waals surface area contributed by atoms with Gasteiger partial charge in [0.1, 0.15) is 5.69 Å². The van der Waals surface area contributed by atoms with Crippen LogP contribution in [0.2, 0.25) is 0 Å². The van der Waals surface area contributed by atoms with E-state index in [0.717, 1.165) is 10.3 Å². The number of anilines is 1. The number of ether oxygens (including phenoxy) is 3. The number of amides is 2. The van der Waals surface area contributed by atoms with Crippen molar-refractivity contribution in [1.82, 2.24) is 14.9 Å². The molecule has 29 heavy (non-hydrogen) atoms. The van der Waals surface area contributed by atoms with Gasteiger partial charge in [0, 0.05) is 23.5 Å². The van der Waals surface area contributed by atoms with Crippen LogP contribution in [0.5, 0.6) is 17.2 Å². The number of thiazole rings is 1. The predicted octanol–water partition coefficient (Wildman–Crippen LogP) is 2.34. The lowest BCUT2D eigenvalue weighted by molar-refractivity contribution is -0.115. The highest BCUT2D eigenvalue weighted by molar-refractivity contribution is 7.15. The molecule has 10 heteroatoms. The Balaban J connectivity index is 1.82. The van der Waals surface area contributed by atoms with Crippen molar-refractivity contribution in [1.29, 1.82) is 0 Å². The lowest BCUT2D eigenvalue weighted by Gasteiger charge is -2.14. The minimum atomic E-state index is -0.394. The number of nitrogens with zero attached hydrogens (tertiary/aromatic N) is 2. The third kappa shape index (κ3) is 3.97. The molecule has 154 valence electrons. The first-order chi connectivity index (χ1) is 13.9. The summed E-state index contributed by atoms with van der Waals surface area (Å²) in [5.41, 5.74) is 1.05. The molecule has 9 nitrogen and oxygen atoms in total. The van der Waals surface area contributed by atoms with Crippen LogP contribution < -0.4 is 24.8 Å². The van der Waals surface area contributed by atoms with Crippen LogP contribution in [0.15, 0.2) is 18.3 Å². The second-order valence-corrected chi connectivity index (χ2v) is 7.41. The fraction of sp³-hybridized carbons (Fsp3) is 0.316. The highest BCUT2D eigenvalue weighted by Crippen LogP contribution is 2.44. The molecule has 0 aliphatic heterocycles. The molecule has 2 aromatic heterocycles. The number of fused-ring (bicyclic) bond motifs is 1. The van der Waals surface area contributed by atoms with E-state index in [1.165, 1.54) is 32.7 Å². The number of methoxy groups -OCH3 is 3. The topological polar surface area (TPSA) is 104 Å². The third-order valence-corrected chi connectivity index (χ3v) is 5.16. The quantitative estimate of drug-likeness (QED) is 0.610. The maximum atomic E-state index is 12.7. The van der Waals surface area contributed by atoms with Crippen molar-refractivity contribution < 1.29 is 23.8 Å². The molecule has 0 radical (unpaired) electrons. The van der Waals surface area contributed by atoms with Crippen molar-refractivity contribution in [2.24, 2.45) is 7.05 Å². The van der Waals surface area contributed by atoms with Gasteiger partial charge in [-0.2, -0.15) is 0 Å². The van der Waals surface area contributed by atoms with Crippen molar-refractivity contribution in [2.75, 3.05) is 33.2 Å². The molecule has 0 spiro atoms. The van der Waals surface area contributed by atoms with Crippen molar-refractivity contribution in [3.8, 4) is 17.2 Å². The molecule has 0 bridgehead atoms. The number of aromatic nitrogens is 2. The molecule has 3 aromatic rings. The number of benzene rings is 1. The van der Waals surface area contributed by atoms with Crippen LogP contribution in [-0.2, 0) is 11.8 Å². The summed E-state index contributed by atoms with van der Waals surface area (Å²) >= 11 is 1.37. The van der Waals surface area contributed by atoms with Crippen LogP contribution in [-0.4, -0.2) is 49.2 Å². The summed E-state index contributed by atoms with van der Waals surface area (Å²) in [4.78, 5) is 29.8. The Morgan fingerprint density at radius 2 is 1.86 bits per heavy atom. The van der Waals surface area contributed by atoms with Gasteiger partial charge in [-0.1, -0.05) is 0 Å². The van der Waals surface area contributed by atoms with E-state index in [-0.39, 0.29) is 12.5 Å². The number of carbonyl (C=O) groups is 2. The Labute approximate surface area is 171 Å². The molecule has 0 saturated heterocycles. The van der Waals surface area contributed by atoms with Crippen LogP contribution in [0, 0.1) is 6.92 Å². The van der Waals surface area contributed by atoms with E-state index < -0.39 is 5.91 Å². The van der Waals surface area contributed by atoms with Crippen LogP contribution >= 0.6 is 11.3 Å². The molecule has 2 amide bonds. The number of hydrogen-bond acceptors (Lipinski definition) is 7. The SMILES string of the molecule is COc1cc2cc(C(=O)NCC(=O)Nc3ncc(C)s3)n(C)c2c(OC)c1OC. The third-order valence-electron chi connectivity index (χ3n) is 4.33. The monoisotopic (exact) mass is 418 g/mol. The highest BCUT2D eigenvalue weighted by atomic mass is 32.1. The fourth-order valence-electron chi connectivity index (χ4n) is 3.03. The Morgan fingerprint density at radius 1 is 1.14 bits per heavy atom. The molecule has 0 saturated carbocycles. The Kier molecular flexibility index (Phi) is 5.92. The summed E-state index contributed by atoms with van der Waals surface area (Å²) in [5.74, 6) is 0.642. The Bertz CT molecular complexity index is 1070. The van der Waals surface area contributed by atoms with Gasteiger partial charge in [-0.25, -0.2) is 4.98 Å². The molecule has 0 fully saturated rings. The molecule has 3 rings (SSSR count). The van der Waals surface area contributed by atoms with Crippen molar-refractivity contribution in [3.63, 3.8) is 0 Å². The first kappa shape index (κ1) is 20.5. The largest absolute Gasteiger partial charge is 0.493 e. The van der Waals surface area contributed by atoms with Crippen LogP contribution in [0.1, 0.15) is 15.4 Å². The zero-order valence-electron chi connectivity index (χ0n) is 16.8. The average Bonchev–Trinajstić information content (AvgIpc) is 3.27. The van der Waals surface area contributed by atoms with Gasteiger partial charge in [-0.15, -0.1) is 11.3 Å². The van der Waals surface area contributed by atoms with E-state index in [1.54, 1.807) is 29.9 Å². The number of nitrogens with one attached hydrogen (secondary N) is 2. The van der Waals surface area contributed by atoms with Crippen LogP contribution in [0.3, 0.4) is 0 Å². The van der Waals surface area contributed by atoms with Gasteiger partial charge in [0.25, 0.3) is 5.91 Å². The molecule has 0 unspecified atom stereocenters. The van der Waals surface area contributed by atoms with Gasteiger partial charge in [0.05, 0.1) is 33.4 Å². The number of carbonyl (C=O) groups excluding carboxylic acids is 2. The summed E-state index contributed by atoms with van der Waals surface area (Å²) in [6.45, 7) is 1.72. The molecule has 2 heterocycles. The van der Waals surface area contributed by atoms with E-state index in [4.69, 9.17) is 14.2 Å². The molecule has 1 aromatic carbocycles. The number of aryl methyl sites for hydroxylation is 2. The first-order valence-electron chi connectivity index (χ1n) is 8.68. The van der Waals surface area contributed by atoms with E-state index >= 15 is 0 Å². The van der Waals surface area contributed by atoms with Gasteiger partial charge in [0.15, 0.2) is 16.6 Å². The Morgan fingerprint density at radius 3 is 2.45 bits per heavy atom. The minimum absolute atomic E-state index is 0.178. The summed E-state index contributed by atoms with van der Waals surface area (Å²) in [5, 5.41) is 6.52. The van der Waals surface area contributed by atoms with Gasteiger partial charge in [-0.3, -0.25) is 9.59 Å². The maximum absolute atomic E-state index is 12.7. The zero-order chi connectivity index (χ0) is 21.1. The van der Waals surface area contributed by atoms with Gasteiger partial charge >= 0.3 is 0 Å². The molecule has 0 aliphatic rings. The normalized spacial score (nSPS) is 10.7. The van der Waals surface area contributed by atoms with Crippen molar-refractivity contribution >= 4 is 39.2 Å². The van der Waals surface area contributed by atoms with Gasteiger partial charge in [-0.05, 0) is 19.1 Å². The Hall–Kier alpha value is -3.27. The van der Waals surface area contributed by atoms with E-state index in [1.807, 2.05) is 6.92 Å². The lowest BCUT2D eigenvalue weighted by Crippen LogP contribution is -2.33. The van der Waals surface area contributed by atoms with Gasteiger partial charge in [0.2, 0.25) is 11.7 Å². The molecule has 0 atom stereocenters. The van der Waals surface area contributed by atoms with Crippen LogP contribution in [0.25, 0.3) is 10.9 Å². The zero-order valence-corrected chi connectivity index (χ0v) is 17.6.